The quantitative estimate of drug-likeness (QED) is 0.568. The van der Waals surface area contributed by atoms with Gasteiger partial charge in [-0.25, -0.2) is 0 Å². The van der Waals surface area contributed by atoms with Gasteiger partial charge in [0.1, 0.15) is 6.04 Å². The first-order valence-corrected chi connectivity index (χ1v) is 8.77. The van der Waals surface area contributed by atoms with Gasteiger partial charge >= 0.3 is 11.9 Å². The molecule has 0 radical (unpaired) electrons. The lowest BCUT2D eigenvalue weighted by Gasteiger charge is -2.23. The predicted molar refractivity (Wildman–Crippen MR) is 96.0 cm³/mol. The summed E-state index contributed by atoms with van der Waals surface area (Å²) >= 11 is 3.24. The van der Waals surface area contributed by atoms with Gasteiger partial charge in [-0.3, -0.25) is 19.2 Å². The largest absolute Gasteiger partial charge is 0.466 e. The summed E-state index contributed by atoms with van der Waals surface area (Å²) in [5.41, 5.74) is 5.61. The summed E-state index contributed by atoms with van der Waals surface area (Å²) in [6.07, 6.45) is -0.445. The maximum absolute atomic E-state index is 12.4. The second-order valence-corrected chi connectivity index (χ2v) is 6.15. The maximum atomic E-state index is 12.4. The fourth-order valence-electron chi connectivity index (χ4n) is 2.21. The average Bonchev–Trinajstić information content (AvgIpc) is 2.58. The standard InChI is InChI=1S/C17H21BrN2O6/c1-3-25-13(21)9-12(17(24)26-4-2)14(15(19)22)20-16(23)10-6-5-7-11(18)8-10/h5-8,12,14H,3-4,9H2,1-2H3,(H2,19,22)(H,20,23)/t12-,14+/m1/s1. The Labute approximate surface area is 159 Å². The third-order valence-corrected chi connectivity index (χ3v) is 3.86. The number of hydrogen-bond donors (Lipinski definition) is 2. The van der Waals surface area contributed by atoms with Gasteiger partial charge in [-0.2, -0.15) is 0 Å². The Morgan fingerprint density at radius 2 is 1.81 bits per heavy atom. The van der Waals surface area contributed by atoms with E-state index in [-0.39, 0.29) is 18.8 Å². The van der Waals surface area contributed by atoms with Crippen molar-refractivity contribution >= 4 is 39.7 Å². The van der Waals surface area contributed by atoms with E-state index in [1.807, 2.05) is 0 Å². The van der Waals surface area contributed by atoms with Gasteiger partial charge in [-0.05, 0) is 32.0 Å². The van der Waals surface area contributed by atoms with Crippen LogP contribution >= 0.6 is 15.9 Å². The highest BCUT2D eigenvalue weighted by atomic mass is 79.9. The van der Waals surface area contributed by atoms with Gasteiger partial charge < -0.3 is 20.5 Å². The van der Waals surface area contributed by atoms with E-state index >= 15 is 0 Å². The molecule has 0 saturated heterocycles. The van der Waals surface area contributed by atoms with E-state index in [9.17, 15) is 19.2 Å². The fraction of sp³-hybridized carbons (Fsp3) is 0.412. The topological polar surface area (TPSA) is 125 Å². The van der Waals surface area contributed by atoms with Crippen molar-refractivity contribution < 1.29 is 28.7 Å². The molecule has 2 atom stereocenters. The van der Waals surface area contributed by atoms with E-state index in [0.29, 0.717) is 4.47 Å². The Bertz CT molecular complexity index is 679. The summed E-state index contributed by atoms with van der Waals surface area (Å²) in [6.45, 7) is 3.35. The van der Waals surface area contributed by atoms with Crippen LogP contribution in [0.15, 0.2) is 28.7 Å². The molecule has 1 rings (SSSR count). The van der Waals surface area contributed by atoms with Crippen molar-refractivity contribution in [1.82, 2.24) is 5.32 Å². The molecule has 0 aliphatic heterocycles. The highest BCUT2D eigenvalue weighted by molar-refractivity contribution is 9.10. The number of nitrogens with one attached hydrogen (secondary N) is 1. The minimum atomic E-state index is -1.43. The smallest absolute Gasteiger partial charge is 0.312 e. The molecule has 0 heterocycles. The van der Waals surface area contributed by atoms with E-state index in [2.05, 4.69) is 21.2 Å². The van der Waals surface area contributed by atoms with Gasteiger partial charge in [0.05, 0.1) is 25.6 Å². The zero-order valence-electron chi connectivity index (χ0n) is 14.5. The zero-order valence-corrected chi connectivity index (χ0v) is 16.1. The summed E-state index contributed by atoms with van der Waals surface area (Å²) in [6, 6.07) is 5.01. The number of nitrogens with two attached hydrogens (primary N) is 1. The molecule has 0 saturated carbocycles. The number of ether oxygens (including phenoxy) is 2. The molecule has 142 valence electrons. The van der Waals surface area contributed by atoms with Crippen LogP contribution in [0.3, 0.4) is 0 Å². The molecule has 8 nitrogen and oxygen atoms in total. The number of carbonyl (C=O) groups excluding carboxylic acids is 4. The van der Waals surface area contributed by atoms with Crippen LogP contribution in [0.4, 0.5) is 0 Å². The van der Waals surface area contributed by atoms with Gasteiger partial charge in [0, 0.05) is 10.0 Å². The lowest BCUT2D eigenvalue weighted by atomic mass is 9.95. The molecule has 0 spiro atoms. The molecule has 0 unspecified atom stereocenters. The van der Waals surface area contributed by atoms with E-state index in [1.54, 1.807) is 26.0 Å². The van der Waals surface area contributed by atoms with Crippen molar-refractivity contribution in [1.29, 1.82) is 0 Å². The first kappa shape index (κ1) is 21.6. The summed E-state index contributed by atoms with van der Waals surface area (Å²) < 4.78 is 10.4. The Kier molecular flexibility index (Phi) is 8.77. The summed E-state index contributed by atoms with van der Waals surface area (Å²) in [5.74, 6) is -4.39. The highest BCUT2D eigenvalue weighted by Crippen LogP contribution is 2.16. The van der Waals surface area contributed by atoms with Gasteiger partial charge in [0.15, 0.2) is 0 Å². The molecular weight excluding hydrogens is 408 g/mol. The van der Waals surface area contributed by atoms with Crippen molar-refractivity contribution in [2.45, 2.75) is 26.3 Å². The number of halogens is 1. The second-order valence-electron chi connectivity index (χ2n) is 5.23. The number of rotatable bonds is 9. The SMILES string of the molecule is CCOC(=O)C[C@@H](C(=O)OCC)[C@H](NC(=O)c1cccc(Br)c1)C(N)=O. The van der Waals surface area contributed by atoms with Gasteiger partial charge in [0.2, 0.25) is 5.91 Å². The third kappa shape index (κ3) is 6.47. The Balaban J connectivity index is 3.06. The zero-order chi connectivity index (χ0) is 19.7. The Hall–Kier alpha value is -2.42. The number of primary amides is 1. The van der Waals surface area contributed by atoms with E-state index in [4.69, 9.17) is 15.2 Å². The van der Waals surface area contributed by atoms with Crippen molar-refractivity contribution in [2.75, 3.05) is 13.2 Å². The van der Waals surface area contributed by atoms with Gasteiger partial charge in [0.25, 0.3) is 5.91 Å². The number of carbonyl (C=O) groups is 4. The third-order valence-electron chi connectivity index (χ3n) is 3.36. The number of amides is 2. The lowest BCUT2D eigenvalue weighted by molar-refractivity contribution is -0.156. The number of hydrogen-bond acceptors (Lipinski definition) is 6. The summed E-state index contributed by atoms with van der Waals surface area (Å²) in [5, 5.41) is 2.40. The molecule has 1 aromatic rings. The first-order valence-electron chi connectivity index (χ1n) is 7.98. The molecule has 3 N–H and O–H groups in total. The van der Waals surface area contributed by atoms with Gasteiger partial charge in [-0.1, -0.05) is 22.0 Å². The molecule has 0 aromatic heterocycles. The molecule has 0 aliphatic rings. The summed E-state index contributed by atoms with van der Waals surface area (Å²) in [7, 11) is 0. The normalized spacial score (nSPS) is 12.6. The second kappa shape index (κ2) is 10.5. The van der Waals surface area contributed by atoms with Crippen molar-refractivity contribution in [3.63, 3.8) is 0 Å². The Morgan fingerprint density at radius 3 is 2.35 bits per heavy atom. The molecular formula is C17H21BrN2O6. The van der Waals surface area contributed by atoms with Crippen LogP contribution in [0.25, 0.3) is 0 Å². The molecule has 9 heteroatoms. The number of benzene rings is 1. The van der Waals surface area contributed by atoms with Crippen molar-refractivity contribution in [3.05, 3.63) is 34.3 Å². The first-order chi connectivity index (χ1) is 12.3. The molecule has 26 heavy (non-hydrogen) atoms. The van der Waals surface area contributed by atoms with Crippen LogP contribution in [0.2, 0.25) is 0 Å². The minimum Gasteiger partial charge on any atom is -0.466 e. The lowest BCUT2D eigenvalue weighted by Crippen LogP contribution is -2.52. The molecule has 0 bridgehead atoms. The van der Waals surface area contributed by atoms with E-state index < -0.39 is 42.1 Å². The number of esters is 2. The average molecular weight is 429 g/mol. The van der Waals surface area contributed by atoms with Crippen LogP contribution < -0.4 is 11.1 Å². The molecule has 2 amide bonds. The summed E-state index contributed by atoms with van der Waals surface area (Å²) in [4.78, 5) is 48.3. The van der Waals surface area contributed by atoms with Crippen LogP contribution in [0.5, 0.6) is 0 Å². The van der Waals surface area contributed by atoms with Crippen molar-refractivity contribution in [3.8, 4) is 0 Å². The fourth-order valence-corrected chi connectivity index (χ4v) is 2.61. The van der Waals surface area contributed by atoms with Gasteiger partial charge in [-0.15, -0.1) is 0 Å². The maximum Gasteiger partial charge on any atom is 0.312 e. The van der Waals surface area contributed by atoms with E-state index in [0.717, 1.165) is 0 Å². The Morgan fingerprint density at radius 1 is 1.15 bits per heavy atom. The molecule has 1 aromatic carbocycles. The van der Waals surface area contributed by atoms with Crippen LogP contribution in [-0.2, 0) is 23.9 Å². The minimum absolute atomic E-state index is 0.0449. The molecule has 0 fully saturated rings. The van der Waals surface area contributed by atoms with E-state index in [1.165, 1.54) is 12.1 Å². The van der Waals surface area contributed by atoms with Crippen LogP contribution in [0.1, 0.15) is 30.6 Å². The van der Waals surface area contributed by atoms with Crippen molar-refractivity contribution in [2.24, 2.45) is 11.7 Å². The van der Waals surface area contributed by atoms with Crippen LogP contribution in [-0.4, -0.2) is 43.0 Å². The predicted octanol–water partition coefficient (Wildman–Crippen LogP) is 1.17. The van der Waals surface area contributed by atoms with Crippen LogP contribution in [0, 0.1) is 5.92 Å². The monoisotopic (exact) mass is 428 g/mol. The molecule has 0 aliphatic carbocycles. The highest BCUT2D eigenvalue weighted by Gasteiger charge is 2.37.